The third-order valence-corrected chi connectivity index (χ3v) is 2.52. The first-order valence-electron chi connectivity index (χ1n) is 4.88. The van der Waals surface area contributed by atoms with E-state index < -0.39 is 0 Å². The van der Waals surface area contributed by atoms with Gasteiger partial charge in [0, 0.05) is 6.42 Å². The van der Waals surface area contributed by atoms with E-state index in [-0.39, 0.29) is 5.69 Å². The minimum Gasteiger partial charge on any atom is -0.307 e. The van der Waals surface area contributed by atoms with Crippen LogP contribution in [0.5, 0.6) is 0 Å². The van der Waals surface area contributed by atoms with E-state index in [1.54, 1.807) is 4.57 Å². The summed E-state index contributed by atoms with van der Waals surface area (Å²) >= 11 is 5.96. The molecule has 0 N–H and O–H groups in total. The summed E-state index contributed by atoms with van der Waals surface area (Å²) in [4.78, 5) is 14.8. The van der Waals surface area contributed by atoms with Crippen LogP contribution in [0.1, 0.15) is 36.1 Å². The van der Waals surface area contributed by atoms with E-state index in [4.69, 9.17) is 18.0 Å². The largest absolute Gasteiger partial charge is 0.307 e. The van der Waals surface area contributed by atoms with Gasteiger partial charge in [0.05, 0.1) is 6.54 Å². The Morgan fingerprint density at radius 2 is 2.40 bits per heavy atom. The molecule has 3 nitrogen and oxygen atoms in total. The third-order valence-electron chi connectivity index (χ3n) is 2.12. The molecule has 0 radical (unpaired) electrons. The van der Waals surface area contributed by atoms with Gasteiger partial charge in [0.15, 0.2) is 6.29 Å². The van der Waals surface area contributed by atoms with Crippen LogP contribution >= 0.6 is 11.6 Å². The summed E-state index contributed by atoms with van der Waals surface area (Å²) in [5.74, 6) is 3.30. The number of aromatic nitrogens is 2. The van der Waals surface area contributed by atoms with Crippen molar-refractivity contribution >= 4 is 17.9 Å². The molecule has 1 heterocycles. The second-order valence-electron chi connectivity index (χ2n) is 3.22. The van der Waals surface area contributed by atoms with Gasteiger partial charge in [-0.1, -0.05) is 30.9 Å². The average molecular weight is 225 g/mol. The maximum Gasteiger partial charge on any atom is 0.171 e. The van der Waals surface area contributed by atoms with E-state index in [9.17, 15) is 4.79 Å². The molecule has 1 rings (SSSR count). The normalized spacial score (nSPS) is 9.93. The second kappa shape index (κ2) is 5.57. The van der Waals surface area contributed by atoms with Gasteiger partial charge in [-0.15, -0.1) is 6.42 Å². The number of imidazole rings is 1. The van der Waals surface area contributed by atoms with Gasteiger partial charge in [-0.25, -0.2) is 4.98 Å². The lowest BCUT2D eigenvalue weighted by Crippen LogP contribution is -2.02. The van der Waals surface area contributed by atoms with E-state index in [0.29, 0.717) is 18.0 Å². The first kappa shape index (κ1) is 11.8. The summed E-state index contributed by atoms with van der Waals surface area (Å²) < 4.78 is 1.71. The number of rotatable bonds is 5. The maximum absolute atomic E-state index is 10.7. The Morgan fingerprint density at radius 3 is 2.93 bits per heavy atom. The SMILES string of the molecule is C#CCn1c(CCCC)nc(C=O)c1Cl. The molecule has 0 atom stereocenters. The summed E-state index contributed by atoms with van der Waals surface area (Å²) in [6.45, 7) is 2.45. The highest BCUT2D eigenvalue weighted by molar-refractivity contribution is 6.31. The number of carbonyl (C=O) groups excluding carboxylic acids is 1. The van der Waals surface area contributed by atoms with Crippen LogP contribution in [0.2, 0.25) is 5.15 Å². The Morgan fingerprint density at radius 1 is 1.67 bits per heavy atom. The lowest BCUT2D eigenvalue weighted by molar-refractivity contribution is 0.111. The first-order chi connectivity index (χ1) is 7.24. The molecule has 80 valence electrons. The van der Waals surface area contributed by atoms with E-state index >= 15 is 0 Å². The fourth-order valence-electron chi connectivity index (χ4n) is 1.35. The lowest BCUT2D eigenvalue weighted by Gasteiger charge is -2.03. The second-order valence-corrected chi connectivity index (χ2v) is 3.57. The zero-order chi connectivity index (χ0) is 11.3. The van der Waals surface area contributed by atoms with Crippen molar-refractivity contribution in [1.29, 1.82) is 0 Å². The molecule has 0 bridgehead atoms. The smallest absolute Gasteiger partial charge is 0.171 e. The van der Waals surface area contributed by atoms with Gasteiger partial charge in [-0.05, 0) is 6.42 Å². The van der Waals surface area contributed by atoms with Crippen LogP contribution in [0.3, 0.4) is 0 Å². The van der Waals surface area contributed by atoms with Crippen LogP contribution in [-0.4, -0.2) is 15.8 Å². The van der Waals surface area contributed by atoms with Crippen molar-refractivity contribution in [3.05, 3.63) is 16.7 Å². The Kier molecular flexibility index (Phi) is 4.38. The first-order valence-corrected chi connectivity index (χ1v) is 5.25. The zero-order valence-electron chi connectivity index (χ0n) is 8.66. The van der Waals surface area contributed by atoms with Crippen LogP contribution < -0.4 is 0 Å². The number of unbranched alkanes of at least 4 members (excludes halogenated alkanes) is 1. The topological polar surface area (TPSA) is 34.9 Å². The van der Waals surface area contributed by atoms with Crippen molar-refractivity contribution in [3.8, 4) is 12.3 Å². The molecule has 0 aromatic carbocycles. The highest BCUT2D eigenvalue weighted by atomic mass is 35.5. The molecule has 1 aromatic rings. The molecule has 4 heteroatoms. The van der Waals surface area contributed by atoms with Gasteiger partial charge < -0.3 is 4.57 Å². The number of carbonyl (C=O) groups is 1. The molecule has 0 unspecified atom stereocenters. The van der Waals surface area contributed by atoms with Crippen LogP contribution in [0, 0.1) is 12.3 Å². The lowest BCUT2D eigenvalue weighted by atomic mass is 10.2. The number of hydrogen-bond acceptors (Lipinski definition) is 2. The Balaban J connectivity index is 3.02. The Labute approximate surface area is 94.5 Å². The molecule has 0 saturated carbocycles. The Hall–Kier alpha value is -1.27. The van der Waals surface area contributed by atoms with Gasteiger partial charge in [-0.2, -0.15) is 0 Å². The van der Waals surface area contributed by atoms with E-state index in [1.807, 2.05) is 0 Å². The van der Waals surface area contributed by atoms with Crippen molar-refractivity contribution in [1.82, 2.24) is 9.55 Å². The van der Waals surface area contributed by atoms with Crippen LogP contribution in [0.15, 0.2) is 0 Å². The predicted molar refractivity (Wildman–Crippen MR) is 60.1 cm³/mol. The molecular formula is C11H13ClN2O. The summed E-state index contributed by atoms with van der Waals surface area (Å²) in [5, 5.41) is 0.342. The molecule has 0 aliphatic heterocycles. The van der Waals surface area contributed by atoms with Crippen molar-refractivity contribution in [2.24, 2.45) is 0 Å². The summed E-state index contributed by atoms with van der Waals surface area (Å²) in [7, 11) is 0. The maximum atomic E-state index is 10.7. The fraction of sp³-hybridized carbons (Fsp3) is 0.455. The monoisotopic (exact) mass is 224 g/mol. The summed E-state index contributed by atoms with van der Waals surface area (Å²) in [6.07, 6.45) is 8.76. The molecule has 0 amide bonds. The summed E-state index contributed by atoms with van der Waals surface area (Å²) in [5.41, 5.74) is 0.276. The highest BCUT2D eigenvalue weighted by Gasteiger charge is 2.13. The van der Waals surface area contributed by atoms with Crippen LogP contribution in [0.4, 0.5) is 0 Å². The van der Waals surface area contributed by atoms with Crippen molar-refractivity contribution in [3.63, 3.8) is 0 Å². The third kappa shape index (κ3) is 2.60. The molecule has 0 fully saturated rings. The van der Waals surface area contributed by atoms with Gasteiger partial charge >= 0.3 is 0 Å². The van der Waals surface area contributed by atoms with E-state index in [0.717, 1.165) is 25.1 Å². The van der Waals surface area contributed by atoms with Gasteiger partial charge in [0.2, 0.25) is 0 Å². The fourth-order valence-corrected chi connectivity index (χ4v) is 1.59. The number of terminal acetylenes is 1. The molecule has 0 spiro atoms. The molecule has 0 aliphatic carbocycles. The van der Waals surface area contributed by atoms with E-state index in [2.05, 4.69) is 17.8 Å². The molecule has 0 saturated heterocycles. The summed E-state index contributed by atoms with van der Waals surface area (Å²) in [6, 6.07) is 0. The van der Waals surface area contributed by atoms with Crippen molar-refractivity contribution in [2.45, 2.75) is 32.7 Å². The minimum absolute atomic E-state index is 0.276. The number of halogens is 1. The standard InChI is InChI=1S/C11H13ClN2O/c1-3-5-6-10-13-9(8-15)11(12)14(10)7-4-2/h2,8H,3,5-7H2,1H3. The van der Waals surface area contributed by atoms with Gasteiger partial charge in [0.1, 0.15) is 16.7 Å². The van der Waals surface area contributed by atoms with Gasteiger partial charge in [0.25, 0.3) is 0 Å². The van der Waals surface area contributed by atoms with Crippen LogP contribution in [-0.2, 0) is 13.0 Å². The predicted octanol–water partition coefficient (Wildman–Crippen LogP) is 2.32. The number of nitrogens with zero attached hydrogens (tertiary/aromatic N) is 2. The quantitative estimate of drug-likeness (QED) is 0.568. The minimum atomic E-state index is 0.276. The van der Waals surface area contributed by atoms with Crippen molar-refractivity contribution < 1.29 is 4.79 Å². The van der Waals surface area contributed by atoms with Crippen LogP contribution in [0.25, 0.3) is 0 Å². The number of aldehydes is 1. The molecule has 1 aromatic heterocycles. The van der Waals surface area contributed by atoms with E-state index in [1.165, 1.54) is 0 Å². The molecule has 15 heavy (non-hydrogen) atoms. The average Bonchev–Trinajstić information content (AvgIpc) is 2.54. The van der Waals surface area contributed by atoms with Crippen molar-refractivity contribution in [2.75, 3.05) is 0 Å². The zero-order valence-corrected chi connectivity index (χ0v) is 9.42. The highest BCUT2D eigenvalue weighted by Crippen LogP contribution is 2.17. The number of hydrogen-bond donors (Lipinski definition) is 0. The molecule has 0 aliphatic rings. The Bertz CT molecular complexity index is 390. The molecular weight excluding hydrogens is 212 g/mol. The number of aryl methyl sites for hydroxylation is 1. The van der Waals surface area contributed by atoms with Gasteiger partial charge in [-0.3, -0.25) is 4.79 Å².